The number of carbonyl (C=O) groups is 1. The molecule has 2 N–H and O–H groups in total. The third-order valence-corrected chi connectivity index (χ3v) is 3.43. The van der Waals surface area contributed by atoms with Crippen LogP contribution in [0.2, 0.25) is 0 Å². The fourth-order valence-corrected chi connectivity index (χ4v) is 2.37. The van der Waals surface area contributed by atoms with Gasteiger partial charge >= 0.3 is 0 Å². The second kappa shape index (κ2) is 5.10. The number of para-hydroxylation sites is 1. The van der Waals surface area contributed by atoms with Crippen LogP contribution in [0.5, 0.6) is 11.5 Å². The minimum atomic E-state index is -0.375. The Hall–Kier alpha value is -2.01. The van der Waals surface area contributed by atoms with E-state index in [-0.39, 0.29) is 23.0 Å². The zero-order valence-electron chi connectivity index (χ0n) is 9.83. The van der Waals surface area contributed by atoms with Crippen molar-refractivity contribution in [1.29, 1.82) is 0 Å². The highest BCUT2D eigenvalue weighted by Gasteiger charge is 2.18. The van der Waals surface area contributed by atoms with Crippen LogP contribution in [0.4, 0.5) is 0 Å². The minimum absolute atomic E-state index is 0.106. The van der Waals surface area contributed by atoms with Crippen LogP contribution in [0.3, 0.4) is 0 Å². The Balaban J connectivity index is 2.18. The van der Waals surface area contributed by atoms with Gasteiger partial charge in [-0.05, 0) is 23.6 Å². The molecule has 0 unspecified atom stereocenters. The molecule has 1 amide bonds. The molecule has 0 aliphatic carbocycles. The van der Waals surface area contributed by atoms with Crippen LogP contribution >= 0.6 is 11.3 Å². The Kier molecular flexibility index (Phi) is 3.53. The minimum Gasteiger partial charge on any atom is -0.504 e. The summed E-state index contributed by atoms with van der Waals surface area (Å²) in [6.45, 7) is 0.478. The van der Waals surface area contributed by atoms with Crippen molar-refractivity contribution in [2.45, 2.75) is 6.54 Å². The summed E-state index contributed by atoms with van der Waals surface area (Å²) >= 11 is 1.57. The van der Waals surface area contributed by atoms with E-state index >= 15 is 0 Å². The van der Waals surface area contributed by atoms with E-state index in [1.807, 2.05) is 17.5 Å². The second-order valence-electron chi connectivity index (χ2n) is 3.91. The number of rotatable bonds is 3. The van der Waals surface area contributed by atoms with E-state index in [1.54, 1.807) is 18.4 Å². The standard InChI is InChI=1S/C13H13NO3S/c1-14(8-9-4-3-7-18-9)13(17)10-5-2-6-11(15)12(10)16/h2-7,15-16H,8H2,1H3. The monoisotopic (exact) mass is 263 g/mol. The van der Waals surface area contributed by atoms with Gasteiger partial charge in [0.05, 0.1) is 12.1 Å². The number of phenols is 2. The Bertz CT molecular complexity index is 551. The fourth-order valence-electron chi connectivity index (χ4n) is 1.62. The van der Waals surface area contributed by atoms with Crippen LogP contribution in [-0.2, 0) is 6.54 Å². The molecule has 1 heterocycles. The molecule has 0 fully saturated rings. The molecule has 0 saturated heterocycles. The van der Waals surface area contributed by atoms with Gasteiger partial charge < -0.3 is 15.1 Å². The van der Waals surface area contributed by atoms with Crippen molar-refractivity contribution in [3.8, 4) is 11.5 Å². The molecule has 94 valence electrons. The van der Waals surface area contributed by atoms with Gasteiger partial charge in [-0.25, -0.2) is 0 Å². The number of aromatic hydroxyl groups is 2. The lowest BCUT2D eigenvalue weighted by molar-refractivity contribution is 0.0782. The molecule has 0 bridgehead atoms. The lowest BCUT2D eigenvalue weighted by Gasteiger charge is -2.17. The second-order valence-corrected chi connectivity index (χ2v) is 4.95. The highest BCUT2D eigenvalue weighted by atomic mass is 32.1. The van der Waals surface area contributed by atoms with Crippen LogP contribution in [0.25, 0.3) is 0 Å². The van der Waals surface area contributed by atoms with Crippen molar-refractivity contribution in [2.75, 3.05) is 7.05 Å². The number of benzene rings is 1. The van der Waals surface area contributed by atoms with E-state index < -0.39 is 0 Å². The van der Waals surface area contributed by atoms with E-state index in [4.69, 9.17) is 0 Å². The molecular formula is C13H13NO3S. The van der Waals surface area contributed by atoms with Crippen LogP contribution in [0.1, 0.15) is 15.2 Å². The number of nitrogens with zero attached hydrogens (tertiary/aromatic N) is 1. The van der Waals surface area contributed by atoms with Gasteiger partial charge in [-0.1, -0.05) is 12.1 Å². The molecule has 5 heteroatoms. The molecule has 0 atom stereocenters. The summed E-state index contributed by atoms with van der Waals surface area (Å²) in [4.78, 5) is 14.7. The molecule has 18 heavy (non-hydrogen) atoms. The van der Waals surface area contributed by atoms with Gasteiger partial charge in [0.1, 0.15) is 0 Å². The van der Waals surface area contributed by atoms with Crippen molar-refractivity contribution in [2.24, 2.45) is 0 Å². The van der Waals surface area contributed by atoms with Gasteiger partial charge in [-0.2, -0.15) is 0 Å². The van der Waals surface area contributed by atoms with E-state index in [0.717, 1.165) is 4.88 Å². The lowest BCUT2D eigenvalue weighted by Crippen LogP contribution is -2.25. The molecule has 1 aromatic carbocycles. The summed E-state index contributed by atoms with van der Waals surface area (Å²) in [5.74, 6) is -0.984. The van der Waals surface area contributed by atoms with Gasteiger partial charge in [0, 0.05) is 11.9 Å². The number of carbonyl (C=O) groups excluding carboxylic acids is 1. The smallest absolute Gasteiger partial charge is 0.257 e. The van der Waals surface area contributed by atoms with E-state index in [2.05, 4.69) is 0 Å². The third-order valence-electron chi connectivity index (χ3n) is 2.56. The van der Waals surface area contributed by atoms with Crippen molar-refractivity contribution in [3.05, 3.63) is 46.2 Å². The average molecular weight is 263 g/mol. The quantitative estimate of drug-likeness (QED) is 0.836. The third kappa shape index (κ3) is 2.46. The fraction of sp³-hybridized carbons (Fsp3) is 0.154. The first kappa shape index (κ1) is 12.4. The zero-order valence-corrected chi connectivity index (χ0v) is 10.6. The maximum atomic E-state index is 12.1. The topological polar surface area (TPSA) is 60.8 Å². The first-order chi connectivity index (χ1) is 8.59. The molecule has 2 aromatic rings. The van der Waals surface area contributed by atoms with E-state index in [0.29, 0.717) is 6.54 Å². The number of thiophene rings is 1. The van der Waals surface area contributed by atoms with Crippen molar-refractivity contribution in [1.82, 2.24) is 4.90 Å². The normalized spacial score (nSPS) is 10.3. The Morgan fingerprint density at radius 1 is 1.28 bits per heavy atom. The van der Waals surface area contributed by atoms with Gasteiger partial charge in [-0.3, -0.25) is 4.79 Å². The number of hydrogen-bond acceptors (Lipinski definition) is 4. The molecular weight excluding hydrogens is 250 g/mol. The predicted molar refractivity (Wildman–Crippen MR) is 69.9 cm³/mol. The average Bonchev–Trinajstić information content (AvgIpc) is 2.84. The SMILES string of the molecule is CN(Cc1cccs1)C(=O)c1cccc(O)c1O. The molecule has 0 aliphatic rings. The maximum absolute atomic E-state index is 12.1. The first-order valence-electron chi connectivity index (χ1n) is 5.38. The van der Waals surface area contributed by atoms with Crippen LogP contribution in [0.15, 0.2) is 35.7 Å². The van der Waals surface area contributed by atoms with Crippen molar-refractivity contribution >= 4 is 17.2 Å². The van der Waals surface area contributed by atoms with Crippen molar-refractivity contribution in [3.63, 3.8) is 0 Å². The summed E-state index contributed by atoms with van der Waals surface area (Å²) in [6.07, 6.45) is 0. The van der Waals surface area contributed by atoms with E-state index in [1.165, 1.54) is 23.1 Å². The summed E-state index contributed by atoms with van der Waals surface area (Å²) in [5, 5.41) is 21.0. The predicted octanol–water partition coefficient (Wildman–Crippen LogP) is 2.43. The van der Waals surface area contributed by atoms with E-state index in [9.17, 15) is 15.0 Å². The molecule has 4 nitrogen and oxygen atoms in total. The van der Waals surface area contributed by atoms with Gasteiger partial charge in [0.2, 0.25) is 0 Å². The Labute approximate surface area is 109 Å². The summed E-state index contributed by atoms with van der Waals surface area (Å²) in [7, 11) is 1.66. The highest BCUT2D eigenvalue weighted by Crippen LogP contribution is 2.29. The highest BCUT2D eigenvalue weighted by molar-refractivity contribution is 7.09. The molecule has 1 aromatic heterocycles. The van der Waals surface area contributed by atoms with Crippen LogP contribution in [-0.4, -0.2) is 28.1 Å². The van der Waals surface area contributed by atoms with Crippen molar-refractivity contribution < 1.29 is 15.0 Å². The molecule has 0 aliphatic heterocycles. The largest absolute Gasteiger partial charge is 0.504 e. The Morgan fingerprint density at radius 3 is 2.72 bits per heavy atom. The van der Waals surface area contributed by atoms with Crippen LogP contribution in [0, 0.1) is 0 Å². The lowest BCUT2D eigenvalue weighted by atomic mass is 10.1. The summed E-state index contributed by atoms with van der Waals surface area (Å²) in [6, 6.07) is 8.22. The zero-order chi connectivity index (χ0) is 13.1. The summed E-state index contributed by atoms with van der Waals surface area (Å²) < 4.78 is 0. The molecule has 0 saturated carbocycles. The molecule has 2 rings (SSSR count). The maximum Gasteiger partial charge on any atom is 0.257 e. The molecule has 0 radical (unpaired) electrons. The van der Waals surface area contributed by atoms with Crippen LogP contribution < -0.4 is 0 Å². The number of amides is 1. The van der Waals surface area contributed by atoms with Gasteiger partial charge in [-0.15, -0.1) is 11.3 Å². The Morgan fingerprint density at radius 2 is 2.06 bits per heavy atom. The van der Waals surface area contributed by atoms with Gasteiger partial charge in [0.25, 0.3) is 5.91 Å². The number of hydrogen-bond donors (Lipinski definition) is 2. The van der Waals surface area contributed by atoms with Gasteiger partial charge in [0.15, 0.2) is 11.5 Å². The number of phenolic OH excluding ortho intramolecular Hbond substituents is 2. The first-order valence-corrected chi connectivity index (χ1v) is 6.26. The molecule has 0 spiro atoms. The summed E-state index contributed by atoms with van der Waals surface area (Å²) in [5.41, 5.74) is 0.106.